The van der Waals surface area contributed by atoms with Gasteiger partial charge in [-0.25, -0.2) is 23.1 Å². The number of nitrogens with zero attached hydrogens (tertiary/aromatic N) is 2. The molecule has 1 heterocycles. The first-order chi connectivity index (χ1) is 8.08. The third-order valence-corrected chi connectivity index (χ3v) is 2.70. The lowest BCUT2D eigenvalue weighted by Crippen LogP contribution is -2.01. The van der Waals surface area contributed by atoms with Crippen molar-refractivity contribution in [1.29, 1.82) is 0 Å². The molecule has 0 bridgehead atoms. The normalized spacial score (nSPS) is 10.4. The number of nitrogens with one attached hydrogen (secondary N) is 1. The minimum absolute atomic E-state index is 0.282. The van der Waals surface area contributed by atoms with Crippen LogP contribution in [-0.2, 0) is 0 Å². The van der Waals surface area contributed by atoms with Gasteiger partial charge in [0.05, 0.1) is 9.26 Å². The van der Waals surface area contributed by atoms with Gasteiger partial charge in [-0.2, -0.15) is 0 Å². The van der Waals surface area contributed by atoms with Crippen molar-refractivity contribution in [3.05, 3.63) is 45.7 Å². The minimum atomic E-state index is -1.25. The Morgan fingerprint density at radius 1 is 1.18 bits per heavy atom. The first-order valence-electron chi connectivity index (χ1n) is 4.45. The molecular weight excluding hydrogens is 346 g/mol. The molecule has 1 aromatic carbocycles. The number of rotatable bonds is 2. The van der Waals surface area contributed by atoms with E-state index < -0.39 is 17.5 Å². The zero-order valence-electron chi connectivity index (χ0n) is 8.22. The average molecular weight is 351 g/mol. The number of benzene rings is 1. The van der Waals surface area contributed by atoms with Gasteiger partial charge in [-0.3, -0.25) is 0 Å². The molecule has 1 N–H and O–H groups in total. The average Bonchev–Trinajstić information content (AvgIpc) is 2.28. The van der Waals surface area contributed by atoms with Crippen LogP contribution in [0.4, 0.5) is 24.7 Å². The molecular formula is C10H5F3IN3. The predicted molar refractivity (Wildman–Crippen MR) is 64.3 cm³/mol. The maximum atomic E-state index is 13.3. The number of halogens is 4. The molecule has 0 saturated carbocycles. The fourth-order valence-electron chi connectivity index (χ4n) is 1.18. The lowest BCUT2D eigenvalue weighted by molar-refractivity contribution is 0.498. The standard InChI is InChI=1S/C10H5F3IN3/c11-5-1-6(12)9(13)8(2-5)17-10-7(14)3-15-4-16-10/h1-4H,(H,15,16,17). The topological polar surface area (TPSA) is 37.8 Å². The fourth-order valence-corrected chi connectivity index (χ4v) is 1.61. The summed E-state index contributed by atoms with van der Waals surface area (Å²) in [4.78, 5) is 7.58. The lowest BCUT2D eigenvalue weighted by Gasteiger charge is -2.08. The van der Waals surface area contributed by atoms with Crippen LogP contribution in [0, 0.1) is 21.0 Å². The zero-order valence-corrected chi connectivity index (χ0v) is 10.4. The second kappa shape index (κ2) is 4.86. The number of aromatic nitrogens is 2. The molecule has 2 aromatic rings. The molecule has 0 atom stereocenters. The van der Waals surface area contributed by atoms with E-state index in [0.29, 0.717) is 9.64 Å². The molecule has 0 aliphatic carbocycles. The van der Waals surface area contributed by atoms with Crippen molar-refractivity contribution in [2.75, 3.05) is 5.32 Å². The van der Waals surface area contributed by atoms with E-state index in [4.69, 9.17) is 0 Å². The summed E-state index contributed by atoms with van der Waals surface area (Å²) in [6.45, 7) is 0. The van der Waals surface area contributed by atoms with Crippen molar-refractivity contribution in [2.24, 2.45) is 0 Å². The van der Waals surface area contributed by atoms with Crippen molar-refractivity contribution in [3.8, 4) is 0 Å². The largest absolute Gasteiger partial charge is 0.337 e. The highest BCUT2D eigenvalue weighted by molar-refractivity contribution is 14.1. The van der Waals surface area contributed by atoms with Crippen molar-refractivity contribution < 1.29 is 13.2 Å². The van der Waals surface area contributed by atoms with E-state index in [1.165, 1.54) is 12.5 Å². The Bertz CT molecular complexity index is 562. The number of anilines is 2. The summed E-state index contributed by atoms with van der Waals surface area (Å²) in [6, 6.07) is 1.34. The van der Waals surface area contributed by atoms with E-state index >= 15 is 0 Å². The van der Waals surface area contributed by atoms with E-state index in [1.807, 2.05) is 22.6 Å². The van der Waals surface area contributed by atoms with E-state index in [9.17, 15) is 13.2 Å². The smallest absolute Gasteiger partial charge is 0.182 e. The van der Waals surface area contributed by atoms with E-state index in [2.05, 4.69) is 15.3 Å². The summed E-state index contributed by atoms with van der Waals surface area (Å²) in [5, 5.41) is 2.51. The van der Waals surface area contributed by atoms with Crippen LogP contribution in [0.1, 0.15) is 0 Å². The Morgan fingerprint density at radius 2 is 1.94 bits per heavy atom. The third kappa shape index (κ3) is 2.65. The summed E-state index contributed by atoms with van der Waals surface area (Å²) < 4.78 is 39.8. The number of hydrogen-bond acceptors (Lipinski definition) is 3. The van der Waals surface area contributed by atoms with Crippen LogP contribution >= 0.6 is 22.6 Å². The summed E-state index contributed by atoms with van der Waals surface area (Å²) in [6.07, 6.45) is 2.74. The molecule has 17 heavy (non-hydrogen) atoms. The Hall–Kier alpha value is -1.38. The zero-order chi connectivity index (χ0) is 12.4. The summed E-state index contributed by atoms with van der Waals surface area (Å²) in [7, 11) is 0. The highest BCUT2D eigenvalue weighted by atomic mass is 127. The molecule has 3 nitrogen and oxygen atoms in total. The van der Waals surface area contributed by atoms with Crippen LogP contribution in [0.2, 0.25) is 0 Å². The van der Waals surface area contributed by atoms with Crippen molar-refractivity contribution in [3.63, 3.8) is 0 Å². The van der Waals surface area contributed by atoms with Crippen molar-refractivity contribution >= 4 is 34.1 Å². The lowest BCUT2D eigenvalue weighted by atomic mass is 10.3. The van der Waals surface area contributed by atoms with Gasteiger partial charge in [-0.05, 0) is 22.6 Å². The molecule has 0 aliphatic rings. The minimum Gasteiger partial charge on any atom is -0.337 e. The molecule has 1 aromatic heterocycles. The Morgan fingerprint density at radius 3 is 2.65 bits per heavy atom. The number of hydrogen-bond donors (Lipinski definition) is 1. The van der Waals surface area contributed by atoms with Gasteiger partial charge in [0.15, 0.2) is 11.6 Å². The van der Waals surface area contributed by atoms with Gasteiger partial charge in [0, 0.05) is 18.3 Å². The molecule has 2 rings (SSSR count). The molecule has 0 saturated heterocycles. The Labute approximate surface area is 108 Å². The van der Waals surface area contributed by atoms with Gasteiger partial charge in [-0.1, -0.05) is 0 Å². The van der Waals surface area contributed by atoms with Crippen molar-refractivity contribution in [2.45, 2.75) is 0 Å². The monoisotopic (exact) mass is 351 g/mol. The molecule has 0 spiro atoms. The van der Waals surface area contributed by atoms with Crippen LogP contribution in [0.15, 0.2) is 24.7 Å². The van der Waals surface area contributed by atoms with Gasteiger partial charge < -0.3 is 5.32 Å². The maximum Gasteiger partial charge on any atom is 0.182 e. The molecule has 0 amide bonds. The van der Waals surface area contributed by atoms with Crippen LogP contribution in [-0.4, -0.2) is 9.97 Å². The van der Waals surface area contributed by atoms with Crippen LogP contribution in [0.25, 0.3) is 0 Å². The van der Waals surface area contributed by atoms with E-state index in [1.54, 1.807) is 0 Å². The molecule has 0 aliphatic heterocycles. The molecule has 0 radical (unpaired) electrons. The highest BCUT2D eigenvalue weighted by Crippen LogP contribution is 2.24. The first kappa shape index (κ1) is 12.1. The summed E-state index contributed by atoms with van der Waals surface area (Å²) in [5.41, 5.74) is -0.306. The molecule has 88 valence electrons. The van der Waals surface area contributed by atoms with E-state index in [0.717, 1.165) is 6.07 Å². The summed E-state index contributed by atoms with van der Waals surface area (Å²) >= 11 is 1.92. The van der Waals surface area contributed by atoms with Gasteiger partial charge in [0.1, 0.15) is 18.0 Å². The SMILES string of the molecule is Fc1cc(F)c(F)c(Nc2ncncc2I)c1. The van der Waals surface area contributed by atoms with Crippen LogP contribution < -0.4 is 5.32 Å². The van der Waals surface area contributed by atoms with Gasteiger partial charge in [0.25, 0.3) is 0 Å². The quantitative estimate of drug-likeness (QED) is 0.667. The molecule has 0 unspecified atom stereocenters. The highest BCUT2D eigenvalue weighted by Gasteiger charge is 2.12. The van der Waals surface area contributed by atoms with Crippen LogP contribution in [0.3, 0.4) is 0 Å². The second-order valence-corrected chi connectivity index (χ2v) is 4.26. The van der Waals surface area contributed by atoms with Gasteiger partial charge in [0.2, 0.25) is 0 Å². The van der Waals surface area contributed by atoms with Gasteiger partial charge in [-0.15, -0.1) is 0 Å². The molecule has 7 heteroatoms. The maximum absolute atomic E-state index is 13.3. The molecule has 0 fully saturated rings. The van der Waals surface area contributed by atoms with Crippen LogP contribution in [0.5, 0.6) is 0 Å². The Balaban J connectivity index is 2.40. The van der Waals surface area contributed by atoms with Crippen molar-refractivity contribution in [1.82, 2.24) is 9.97 Å². The van der Waals surface area contributed by atoms with Gasteiger partial charge >= 0.3 is 0 Å². The Kier molecular flexibility index (Phi) is 3.46. The third-order valence-electron chi connectivity index (χ3n) is 1.91. The fraction of sp³-hybridized carbons (Fsp3) is 0. The first-order valence-corrected chi connectivity index (χ1v) is 5.53. The predicted octanol–water partition coefficient (Wildman–Crippen LogP) is 3.24. The second-order valence-electron chi connectivity index (χ2n) is 3.09. The van der Waals surface area contributed by atoms with E-state index in [-0.39, 0.29) is 11.5 Å². The summed E-state index contributed by atoms with van der Waals surface area (Å²) in [5.74, 6) is -2.99.